The number of hydrogen-bond acceptors (Lipinski definition) is 4. The molecule has 0 N–H and O–H groups in total. The molecule has 0 radical (unpaired) electrons. The van der Waals surface area contributed by atoms with Crippen molar-refractivity contribution in [2.45, 2.75) is 24.8 Å². The van der Waals surface area contributed by atoms with Crippen LogP contribution in [0, 0.1) is 11.3 Å². The number of nitrogens with zero attached hydrogens (tertiary/aromatic N) is 4. The zero-order chi connectivity index (χ0) is 23.2. The highest BCUT2D eigenvalue weighted by atomic mass is 35.5. The molecule has 2 aliphatic rings. The number of carbonyl (C=O) groups excluding carboxylic acids is 3. The lowest BCUT2D eigenvalue weighted by Crippen LogP contribution is -2.54. The summed E-state index contributed by atoms with van der Waals surface area (Å²) < 4.78 is 0. The summed E-state index contributed by atoms with van der Waals surface area (Å²) in [6, 6.07) is 13.0. The topological polar surface area (TPSA) is 84.7 Å². The maximum absolute atomic E-state index is 13.9. The number of carbonyl (C=O) groups is 3. The maximum atomic E-state index is 13.9. The minimum Gasteiger partial charge on any atom is -0.339 e. The first-order valence-corrected chi connectivity index (χ1v) is 10.8. The van der Waals surface area contributed by atoms with E-state index in [-0.39, 0.29) is 31.1 Å². The lowest BCUT2D eigenvalue weighted by Gasteiger charge is -2.33. The number of amides is 4. The molecule has 2 heterocycles. The van der Waals surface area contributed by atoms with E-state index >= 15 is 0 Å². The van der Waals surface area contributed by atoms with Crippen molar-refractivity contribution in [2.24, 2.45) is 0 Å². The summed E-state index contributed by atoms with van der Waals surface area (Å²) in [5, 5.41) is 9.73. The van der Waals surface area contributed by atoms with Gasteiger partial charge in [-0.15, -0.1) is 0 Å². The van der Waals surface area contributed by atoms with E-state index in [0.717, 1.165) is 10.5 Å². The van der Waals surface area contributed by atoms with Gasteiger partial charge < -0.3 is 9.80 Å². The molecule has 0 aliphatic carbocycles. The number of anilines is 1. The molecule has 0 bridgehead atoms. The van der Waals surface area contributed by atoms with E-state index in [2.05, 4.69) is 6.07 Å². The fraction of sp³-hybridized carbons (Fsp3) is 0.304. The van der Waals surface area contributed by atoms with Gasteiger partial charge in [-0.2, -0.15) is 5.26 Å². The first kappa shape index (κ1) is 22.1. The third-order valence-corrected chi connectivity index (χ3v) is 6.70. The quantitative estimate of drug-likeness (QED) is 0.633. The second-order valence-electron chi connectivity index (χ2n) is 7.95. The minimum absolute atomic E-state index is 0.0796. The molecule has 0 unspecified atom stereocenters. The minimum atomic E-state index is -1.29. The molecule has 2 aromatic carbocycles. The number of hydrogen-bond donors (Lipinski definition) is 0. The van der Waals surface area contributed by atoms with Crippen LogP contribution < -0.4 is 4.90 Å². The molecule has 0 saturated carbocycles. The SMILES string of the molecule is CCC(=O)N1C[C@@H](c2ccc(C#N)cc2)[C@]2(C1)C(=O)N(c1cc(Cl)cc(Cl)c1)C(=O)N2C. The van der Waals surface area contributed by atoms with Crippen molar-refractivity contribution in [1.29, 1.82) is 5.26 Å². The van der Waals surface area contributed by atoms with E-state index in [9.17, 15) is 14.4 Å². The molecule has 7 nitrogen and oxygen atoms in total. The Hall–Kier alpha value is -3.08. The summed E-state index contributed by atoms with van der Waals surface area (Å²) in [6.07, 6.45) is 0.287. The first-order valence-electron chi connectivity index (χ1n) is 10.1. The Morgan fingerprint density at radius 3 is 2.34 bits per heavy atom. The molecule has 2 aromatic rings. The van der Waals surface area contributed by atoms with E-state index in [1.807, 2.05) is 0 Å². The van der Waals surface area contributed by atoms with Crippen LogP contribution in [-0.4, -0.2) is 53.3 Å². The van der Waals surface area contributed by atoms with Crippen LogP contribution in [0.1, 0.15) is 30.4 Å². The Kier molecular flexibility index (Phi) is 5.61. The van der Waals surface area contributed by atoms with Gasteiger partial charge in [-0.3, -0.25) is 9.59 Å². The van der Waals surface area contributed by atoms with Gasteiger partial charge in [0.05, 0.1) is 23.9 Å². The Labute approximate surface area is 195 Å². The van der Waals surface area contributed by atoms with Gasteiger partial charge in [-0.25, -0.2) is 9.69 Å². The van der Waals surface area contributed by atoms with Crippen LogP contribution in [0.4, 0.5) is 10.5 Å². The van der Waals surface area contributed by atoms with Crippen LogP contribution in [0.3, 0.4) is 0 Å². The predicted octanol–water partition coefficient (Wildman–Crippen LogP) is 4.04. The largest absolute Gasteiger partial charge is 0.339 e. The number of imide groups is 1. The number of urea groups is 1. The summed E-state index contributed by atoms with van der Waals surface area (Å²) in [6.45, 7) is 2.12. The van der Waals surface area contributed by atoms with Crippen molar-refractivity contribution in [2.75, 3.05) is 25.0 Å². The zero-order valence-corrected chi connectivity index (χ0v) is 19.0. The highest BCUT2D eigenvalue weighted by molar-refractivity contribution is 6.35. The molecule has 9 heteroatoms. The van der Waals surface area contributed by atoms with Crippen LogP contribution >= 0.6 is 23.2 Å². The van der Waals surface area contributed by atoms with Crippen molar-refractivity contribution in [3.05, 3.63) is 63.6 Å². The second-order valence-corrected chi connectivity index (χ2v) is 8.82. The average Bonchev–Trinajstić information content (AvgIpc) is 3.26. The predicted molar refractivity (Wildman–Crippen MR) is 121 cm³/mol. The molecule has 1 spiro atoms. The highest BCUT2D eigenvalue weighted by Crippen LogP contribution is 2.46. The van der Waals surface area contributed by atoms with E-state index < -0.39 is 23.4 Å². The number of likely N-dealkylation sites (N-methyl/N-ethyl adjacent to an activating group) is 1. The van der Waals surface area contributed by atoms with Gasteiger partial charge in [0.25, 0.3) is 5.91 Å². The molecule has 4 amide bonds. The van der Waals surface area contributed by atoms with Crippen LogP contribution in [0.25, 0.3) is 0 Å². The van der Waals surface area contributed by atoms with Gasteiger partial charge >= 0.3 is 6.03 Å². The van der Waals surface area contributed by atoms with E-state index in [1.165, 1.54) is 23.1 Å². The molecule has 0 aromatic heterocycles. The molecular weight excluding hydrogens is 451 g/mol. The number of rotatable bonds is 3. The van der Waals surface area contributed by atoms with Crippen LogP contribution in [0.5, 0.6) is 0 Å². The summed E-state index contributed by atoms with van der Waals surface area (Å²) in [5.41, 5.74) is 0.249. The van der Waals surface area contributed by atoms with Crippen LogP contribution in [0.2, 0.25) is 10.0 Å². The van der Waals surface area contributed by atoms with E-state index in [4.69, 9.17) is 28.5 Å². The Balaban J connectivity index is 1.84. The van der Waals surface area contributed by atoms with Gasteiger partial charge in [0.2, 0.25) is 5.91 Å². The molecule has 2 fully saturated rings. The van der Waals surface area contributed by atoms with Crippen LogP contribution in [-0.2, 0) is 9.59 Å². The molecule has 4 rings (SSSR count). The highest BCUT2D eigenvalue weighted by Gasteiger charge is 2.64. The van der Waals surface area contributed by atoms with Crippen molar-refractivity contribution in [1.82, 2.24) is 9.80 Å². The van der Waals surface area contributed by atoms with Crippen molar-refractivity contribution >= 4 is 46.7 Å². The Morgan fingerprint density at radius 1 is 1.16 bits per heavy atom. The van der Waals surface area contributed by atoms with Crippen molar-refractivity contribution in [3.8, 4) is 6.07 Å². The van der Waals surface area contributed by atoms with E-state index in [1.54, 1.807) is 43.1 Å². The normalized spacial score (nSPS) is 22.7. The lowest BCUT2D eigenvalue weighted by atomic mass is 9.80. The lowest BCUT2D eigenvalue weighted by molar-refractivity contribution is -0.131. The van der Waals surface area contributed by atoms with Crippen molar-refractivity contribution < 1.29 is 14.4 Å². The van der Waals surface area contributed by atoms with Gasteiger partial charge in [0.15, 0.2) is 0 Å². The molecular formula is C23H20Cl2N4O3. The van der Waals surface area contributed by atoms with Gasteiger partial charge in [0, 0.05) is 36.0 Å². The number of nitriles is 1. The third kappa shape index (κ3) is 3.31. The van der Waals surface area contributed by atoms with Crippen LogP contribution in [0.15, 0.2) is 42.5 Å². The molecule has 2 aliphatic heterocycles. The smallest absolute Gasteiger partial charge is 0.332 e. The van der Waals surface area contributed by atoms with Gasteiger partial charge in [-0.05, 0) is 35.9 Å². The van der Waals surface area contributed by atoms with Gasteiger partial charge in [-0.1, -0.05) is 42.3 Å². The standard InChI is InChI=1S/C23H20Cl2N4O3/c1-3-20(30)28-12-19(15-6-4-14(11-26)5-7-15)23(13-28)21(31)29(22(32)27(23)2)18-9-16(24)8-17(25)10-18/h4-10,19H,3,12-13H2,1-2H3/t19-,23+/m0/s1. The zero-order valence-electron chi connectivity index (χ0n) is 17.5. The summed E-state index contributed by atoms with van der Waals surface area (Å²) in [5.74, 6) is -1.01. The fourth-order valence-electron chi connectivity index (χ4n) is 4.62. The van der Waals surface area contributed by atoms with Crippen molar-refractivity contribution in [3.63, 3.8) is 0 Å². The summed E-state index contributed by atoms with van der Waals surface area (Å²) in [7, 11) is 1.57. The third-order valence-electron chi connectivity index (χ3n) is 6.26. The number of likely N-dealkylation sites (tertiary alicyclic amines) is 1. The van der Waals surface area contributed by atoms with Gasteiger partial charge in [0.1, 0.15) is 5.54 Å². The monoisotopic (exact) mass is 470 g/mol. The second kappa shape index (κ2) is 8.12. The first-order chi connectivity index (χ1) is 15.2. The summed E-state index contributed by atoms with van der Waals surface area (Å²) in [4.78, 5) is 43.9. The Bertz CT molecular complexity index is 1140. The van der Waals surface area contributed by atoms with E-state index in [0.29, 0.717) is 15.6 Å². The Morgan fingerprint density at radius 2 is 1.78 bits per heavy atom. The molecule has 2 atom stereocenters. The number of halogens is 2. The maximum Gasteiger partial charge on any atom is 0.332 e. The molecule has 32 heavy (non-hydrogen) atoms. The fourth-order valence-corrected chi connectivity index (χ4v) is 5.13. The number of benzene rings is 2. The molecule has 2 saturated heterocycles. The molecule has 164 valence electrons. The average molecular weight is 471 g/mol. The summed E-state index contributed by atoms with van der Waals surface area (Å²) >= 11 is 12.2.